The Morgan fingerprint density at radius 1 is 1.33 bits per heavy atom. The molecule has 6 nitrogen and oxygen atoms in total. The molecule has 2 heterocycles. The van der Waals surface area contributed by atoms with Crippen molar-refractivity contribution in [2.75, 3.05) is 18.8 Å². The average molecular weight is 314 g/mol. The molecule has 0 aromatic carbocycles. The van der Waals surface area contributed by atoms with Crippen molar-refractivity contribution in [3.8, 4) is 0 Å². The highest BCUT2D eigenvalue weighted by Crippen LogP contribution is 2.15. The molecular weight excluding hydrogens is 288 g/mol. The lowest BCUT2D eigenvalue weighted by atomic mass is 10.1. The third-order valence-corrected chi connectivity index (χ3v) is 6.00. The first kappa shape index (κ1) is 16.5. The topological polar surface area (TPSA) is 67.2 Å². The summed E-state index contributed by atoms with van der Waals surface area (Å²) in [4.78, 5) is 0. The quantitative estimate of drug-likeness (QED) is 0.847. The number of sulfonamides is 1. The summed E-state index contributed by atoms with van der Waals surface area (Å²) in [6.45, 7) is 5.87. The molecule has 0 spiro atoms. The monoisotopic (exact) mass is 314 g/mol. The maximum absolute atomic E-state index is 11.8. The Morgan fingerprint density at radius 3 is 2.57 bits per heavy atom. The van der Waals surface area contributed by atoms with E-state index in [2.05, 4.69) is 23.5 Å². The van der Waals surface area contributed by atoms with Crippen molar-refractivity contribution < 1.29 is 8.42 Å². The highest BCUT2D eigenvalue weighted by Gasteiger charge is 2.26. The summed E-state index contributed by atoms with van der Waals surface area (Å²) in [5.74, 6) is 0.195. The second kappa shape index (κ2) is 6.89. The number of nitrogens with one attached hydrogen (secondary N) is 1. The van der Waals surface area contributed by atoms with Crippen LogP contribution in [0.4, 0.5) is 0 Å². The molecule has 0 bridgehead atoms. The van der Waals surface area contributed by atoms with E-state index in [1.54, 1.807) is 11.2 Å². The first-order valence-corrected chi connectivity index (χ1v) is 9.29. The standard InChI is InChI=1S/C14H26N4O2S/c1-4-14-12(11-17(3)16-14)10-15-13-6-8-18(9-7-13)21(19,20)5-2/h11,13,15H,4-10H2,1-3H3. The molecule has 1 N–H and O–H groups in total. The molecule has 0 amide bonds. The van der Waals surface area contributed by atoms with Crippen LogP contribution in [0.15, 0.2) is 6.20 Å². The molecular formula is C14H26N4O2S. The summed E-state index contributed by atoms with van der Waals surface area (Å²) >= 11 is 0. The number of hydrogen-bond donors (Lipinski definition) is 1. The molecule has 2 rings (SSSR count). The largest absolute Gasteiger partial charge is 0.310 e. The normalized spacial score (nSPS) is 18.2. The van der Waals surface area contributed by atoms with Gasteiger partial charge in [0.05, 0.1) is 11.4 Å². The van der Waals surface area contributed by atoms with Crippen LogP contribution in [0.2, 0.25) is 0 Å². The lowest BCUT2D eigenvalue weighted by Crippen LogP contribution is -2.45. The van der Waals surface area contributed by atoms with Crippen LogP contribution in [0.5, 0.6) is 0 Å². The molecule has 0 radical (unpaired) electrons. The molecule has 0 unspecified atom stereocenters. The highest BCUT2D eigenvalue weighted by atomic mass is 32.2. The third kappa shape index (κ3) is 4.05. The van der Waals surface area contributed by atoms with Crippen molar-refractivity contribution in [3.05, 3.63) is 17.5 Å². The molecule has 1 fully saturated rings. The van der Waals surface area contributed by atoms with E-state index in [9.17, 15) is 8.42 Å². The van der Waals surface area contributed by atoms with E-state index in [4.69, 9.17) is 0 Å². The van der Waals surface area contributed by atoms with Gasteiger partial charge in [0.15, 0.2) is 0 Å². The minimum atomic E-state index is -3.03. The van der Waals surface area contributed by atoms with Gasteiger partial charge < -0.3 is 5.32 Å². The lowest BCUT2D eigenvalue weighted by molar-refractivity contribution is 0.289. The Hall–Kier alpha value is -0.920. The van der Waals surface area contributed by atoms with Crippen molar-refractivity contribution in [1.82, 2.24) is 19.4 Å². The van der Waals surface area contributed by atoms with E-state index in [0.29, 0.717) is 19.1 Å². The van der Waals surface area contributed by atoms with E-state index < -0.39 is 10.0 Å². The smallest absolute Gasteiger partial charge is 0.213 e. The highest BCUT2D eigenvalue weighted by molar-refractivity contribution is 7.89. The summed E-state index contributed by atoms with van der Waals surface area (Å²) in [6.07, 6.45) is 4.75. The van der Waals surface area contributed by atoms with Crippen molar-refractivity contribution in [1.29, 1.82) is 0 Å². The van der Waals surface area contributed by atoms with E-state index in [0.717, 1.165) is 31.5 Å². The van der Waals surface area contributed by atoms with E-state index in [1.807, 2.05) is 11.7 Å². The van der Waals surface area contributed by atoms with E-state index >= 15 is 0 Å². The van der Waals surface area contributed by atoms with Crippen LogP contribution in [0, 0.1) is 0 Å². The molecule has 0 atom stereocenters. The number of rotatable bonds is 6. The van der Waals surface area contributed by atoms with Crippen LogP contribution in [0.3, 0.4) is 0 Å². The molecule has 21 heavy (non-hydrogen) atoms. The van der Waals surface area contributed by atoms with Crippen LogP contribution in [0.1, 0.15) is 37.9 Å². The second-order valence-electron chi connectivity index (χ2n) is 5.58. The summed E-state index contributed by atoms with van der Waals surface area (Å²) in [5.41, 5.74) is 2.37. The number of aryl methyl sites for hydroxylation is 2. The fourth-order valence-corrected chi connectivity index (χ4v) is 3.94. The van der Waals surface area contributed by atoms with Gasteiger partial charge in [-0.1, -0.05) is 6.92 Å². The number of piperidine rings is 1. The number of hydrogen-bond acceptors (Lipinski definition) is 4. The molecule has 120 valence electrons. The molecule has 0 aliphatic carbocycles. The Bertz CT molecular complexity index is 560. The van der Waals surface area contributed by atoms with Gasteiger partial charge in [0, 0.05) is 44.5 Å². The van der Waals surface area contributed by atoms with Crippen molar-refractivity contribution >= 4 is 10.0 Å². The van der Waals surface area contributed by atoms with Crippen LogP contribution < -0.4 is 5.32 Å². The maximum atomic E-state index is 11.8. The first-order chi connectivity index (χ1) is 9.96. The molecule has 1 aliphatic heterocycles. The fourth-order valence-electron chi connectivity index (χ4n) is 2.80. The minimum absolute atomic E-state index is 0.195. The molecule has 1 aromatic rings. The molecule has 1 aliphatic rings. The summed E-state index contributed by atoms with van der Waals surface area (Å²) in [5, 5.41) is 7.98. The average Bonchev–Trinajstić information content (AvgIpc) is 2.85. The number of aromatic nitrogens is 2. The molecule has 1 aromatic heterocycles. The van der Waals surface area contributed by atoms with Crippen molar-refractivity contribution in [2.24, 2.45) is 7.05 Å². The van der Waals surface area contributed by atoms with Gasteiger partial charge >= 0.3 is 0 Å². The van der Waals surface area contributed by atoms with Crippen LogP contribution >= 0.6 is 0 Å². The first-order valence-electron chi connectivity index (χ1n) is 7.68. The summed E-state index contributed by atoms with van der Waals surface area (Å²) in [7, 11) is -1.09. The zero-order valence-corrected chi connectivity index (χ0v) is 14.0. The van der Waals surface area contributed by atoms with Gasteiger partial charge in [-0.2, -0.15) is 5.10 Å². The molecule has 7 heteroatoms. The fraction of sp³-hybridized carbons (Fsp3) is 0.786. The zero-order valence-electron chi connectivity index (χ0n) is 13.2. The Balaban J connectivity index is 1.84. The predicted molar refractivity (Wildman–Crippen MR) is 83.5 cm³/mol. The van der Waals surface area contributed by atoms with E-state index in [1.165, 1.54) is 5.56 Å². The van der Waals surface area contributed by atoms with Crippen LogP contribution in [0.25, 0.3) is 0 Å². The van der Waals surface area contributed by atoms with Crippen LogP contribution in [-0.4, -0.2) is 47.4 Å². The van der Waals surface area contributed by atoms with Gasteiger partial charge in [0.2, 0.25) is 10.0 Å². The van der Waals surface area contributed by atoms with Crippen molar-refractivity contribution in [3.63, 3.8) is 0 Å². The third-order valence-electron chi connectivity index (χ3n) is 4.12. The molecule has 0 saturated carbocycles. The van der Waals surface area contributed by atoms with Crippen molar-refractivity contribution in [2.45, 2.75) is 45.7 Å². The van der Waals surface area contributed by atoms with Gasteiger partial charge in [0.25, 0.3) is 0 Å². The Kier molecular flexibility index (Phi) is 5.40. The van der Waals surface area contributed by atoms with Gasteiger partial charge in [-0.3, -0.25) is 4.68 Å². The summed E-state index contributed by atoms with van der Waals surface area (Å²) < 4.78 is 27.1. The minimum Gasteiger partial charge on any atom is -0.310 e. The SMILES string of the molecule is CCc1nn(C)cc1CNC1CCN(S(=O)(=O)CC)CC1. The molecule has 1 saturated heterocycles. The zero-order chi connectivity index (χ0) is 15.5. The van der Waals surface area contributed by atoms with E-state index in [-0.39, 0.29) is 5.75 Å². The predicted octanol–water partition coefficient (Wildman–Crippen LogP) is 0.886. The maximum Gasteiger partial charge on any atom is 0.213 e. The van der Waals surface area contributed by atoms with Gasteiger partial charge in [0.1, 0.15) is 0 Å². The number of nitrogens with zero attached hydrogens (tertiary/aromatic N) is 3. The lowest BCUT2D eigenvalue weighted by Gasteiger charge is -2.31. The van der Waals surface area contributed by atoms with Gasteiger partial charge in [-0.25, -0.2) is 12.7 Å². The second-order valence-corrected chi connectivity index (χ2v) is 7.84. The van der Waals surface area contributed by atoms with Gasteiger partial charge in [-0.05, 0) is 26.2 Å². The Labute approximate surface area is 127 Å². The van der Waals surface area contributed by atoms with Gasteiger partial charge in [-0.15, -0.1) is 0 Å². The summed E-state index contributed by atoms with van der Waals surface area (Å²) in [6, 6.07) is 0.387. The Morgan fingerprint density at radius 2 is 2.00 bits per heavy atom. The van der Waals surface area contributed by atoms with Crippen LogP contribution in [-0.2, 0) is 30.0 Å².